The Labute approximate surface area is 134 Å². The third-order valence-electron chi connectivity index (χ3n) is 2.72. The van der Waals surface area contributed by atoms with Crippen LogP contribution in [0.25, 0.3) is 0 Å². The molecule has 1 aromatic carbocycles. The van der Waals surface area contributed by atoms with Gasteiger partial charge in [0.2, 0.25) is 0 Å². The fourth-order valence-corrected chi connectivity index (χ4v) is 1.93. The van der Waals surface area contributed by atoms with Crippen LogP contribution in [0.15, 0.2) is 18.2 Å². The minimum absolute atomic E-state index is 0.0487. The Kier molecular flexibility index (Phi) is 5.36. The smallest absolute Gasteiger partial charge is 0.416 e. The summed E-state index contributed by atoms with van der Waals surface area (Å²) in [6.07, 6.45) is -5.01. The van der Waals surface area contributed by atoms with Gasteiger partial charge in [-0.3, -0.25) is 5.32 Å². The molecule has 130 valence electrons. The van der Waals surface area contributed by atoms with Crippen molar-refractivity contribution in [1.29, 1.82) is 0 Å². The van der Waals surface area contributed by atoms with E-state index in [1.54, 1.807) is 34.6 Å². The number of benzene rings is 1. The highest BCUT2D eigenvalue weighted by Gasteiger charge is 2.31. The first kappa shape index (κ1) is 19.3. The summed E-state index contributed by atoms with van der Waals surface area (Å²) in [5.74, 6) is 0. The van der Waals surface area contributed by atoms with Crippen molar-refractivity contribution in [3.8, 4) is 0 Å². The molecule has 23 heavy (non-hydrogen) atoms. The molecule has 0 spiro atoms. The number of hydrogen-bond donors (Lipinski definition) is 2. The molecule has 0 bridgehead atoms. The quantitative estimate of drug-likeness (QED) is 0.866. The lowest BCUT2D eigenvalue weighted by Gasteiger charge is -2.23. The maximum absolute atomic E-state index is 12.9. The average Bonchev–Trinajstić information content (AvgIpc) is 2.25. The van der Waals surface area contributed by atoms with Crippen molar-refractivity contribution in [3.63, 3.8) is 0 Å². The molecule has 3 N–H and O–H groups in total. The lowest BCUT2D eigenvalue weighted by Crippen LogP contribution is -2.35. The molecule has 4 nitrogen and oxygen atoms in total. The Morgan fingerprint density at radius 2 is 1.74 bits per heavy atom. The summed E-state index contributed by atoms with van der Waals surface area (Å²) in [4.78, 5) is 11.9. The fraction of sp³-hybridized carbons (Fsp3) is 0.562. The van der Waals surface area contributed by atoms with Gasteiger partial charge in [0.05, 0.1) is 5.56 Å². The van der Waals surface area contributed by atoms with Crippen molar-refractivity contribution >= 4 is 11.8 Å². The van der Waals surface area contributed by atoms with Gasteiger partial charge in [-0.2, -0.15) is 13.2 Å². The van der Waals surface area contributed by atoms with Crippen molar-refractivity contribution in [2.24, 2.45) is 5.73 Å². The molecule has 0 aromatic heterocycles. The van der Waals surface area contributed by atoms with Gasteiger partial charge in [0.1, 0.15) is 5.60 Å². The Balaban J connectivity index is 3.15. The molecule has 0 aliphatic carbocycles. The first-order valence-electron chi connectivity index (χ1n) is 7.16. The summed E-state index contributed by atoms with van der Waals surface area (Å²) in [5, 5.41) is 2.39. The lowest BCUT2D eigenvalue weighted by atomic mass is 9.94. The van der Waals surface area contributed by atoms with Gasteiger partial charge in [-0.15, -0.1) is 0 Å². The molecular formula is C16H23F3N2O2. The van der Waals surface area contributed by atoms with E-state index in [1.165, 1.54) is 6.07 Å². The number of halogens is 3. The van der Waals surface area contributed by atoms with Gasteiger partial charge < -0.3 is 10.5 Å². The van der Waals surface area contributed by atoms with Crippen LogP contribution in [-0.4, -0.2) is 17.2 Å². The molecule has 0 atom stereocenters. The predicted octanol–water partition coefficient (Wildman–Crippen LogP) is 4.33. The van der Waals surface area contributed by atoms with Crippen molar-refractivity contribution in [3.05, 3.63) is 29.3 Å². The molecule has 7 heteroatoms. The summed E-state index contributed by atoms with van der Waals surface area (Å²) >= 11 is 0. The monoisotopic (exact) mass is 332 g/mol. The molecule has 0 radical (unpaired) electrons. The first-order valence-corrected chi connectivity index (χ1v) is 7.16. The first-order chi connectivity index (χ1) is 10.2. The second-order valence-corrected chi connectivity index (χ2v) is 7.16. The van der Waals surface area contributed by atoms with Crippen LogP contribution in [0.3, 0.4) is 0 Å². The van der Waals surface area contributed by atoms with Crippen molar-refractivity contribution in [1.82, 2.24) is 0 Å². The molecule has 0 aliphatic rings. The minimum Gasteiger partial charge on any atom is -0.444 e. The SMILES string of the molecule is CC(C)(N)Cc1ccc(C(F)(F)F)cc1NC(=O)OC(C)(C)C. The number of alkyl halides is 3. The van der Waals surface area contributed by atoms with Crippen molar-refractivity contribution < 1.29 is 22.7 Å². The molecule has 0 saturated heterocycles. The Morgan fingerprint density at radius 3 is 2.17 bits per heavy atom. The molecule has 0 aliphatic heterocycles. The number of ether oxygens (including phenoxy) is 1. The Bertz CT molecular complexity index is 570. The van der Waals surface area contributed by atoms with Crippen LogP contribution in [0, 0.1) is 0 Å². The second-order valence-electron chi connectivity index (χ2n) is 7.16. The number of nitrogens with one attached hydrogen (secondary N) is 1. The largest absolute Gasteiger partial charge is 0.444 e. The van der Waals surface area contributed by atoms with Crippen molar-refractivity contribution in [2.45, 2.75) is 58.4 Å². The van der Waals surface area contributed by atoms with Crippen molar-refractivity contribution in [2.75, 3.05) is 5.32 Å². The van der Waals surface area contributed by atoms with Crippen LogP contribution in [0.5, 0.6) is 0 Å². The molecule has 1 rings (SSSR count). The second kappa shape index (κ2) is 6.39. The molecule has 0 unspecified atom stereocenters. The van der Waals surface area contributed by atoms with E-state index in [9.17, 15) is 18.0 Å². The molecular weight excluding hydrogens is 309 g/mol. The van der Waals surface area contributed by atoms with E-state index < -0.39 is 29.0 Å². The van der Waals surface area contributed by atoms with Gasteiger partial charge in [-0.25, -0.2) is 4.79 Å². The lowest BCUT2D eigenvalue weighted by molar-refractivity contribution is -0.137. The van der Waals surface area contributed by atoms with Crippen LogP contribution >= 0.6 is 0 Å². The number of nitrogens with two attached hydrogens (primary N) is 1. The molecule has 1 amide bonds. The summed E-state index contributed by atoms with van der Waals surface area (Å²) in [6.45, 7) is 8.51. The summed E-state index contributed by atoms with van der Waals surface area (Å²) in [6, 6.07) is 3.19. The Hall–Kier alpha value is -1.76. The zero-order valence-electron chi connectivity index (χ0n) is 14.0. The molecule has 0 fully saturated rings. The fourth-order valence-electron chi connectivity index (χ4n) is 1.93. The van der Waals surface area contributed by atoms with Crippen LogP contribution < -0.4 is 11.1 Å². The van der Waals surface area contributed by atoms with Gasteiger partial charge in [-0.05, 0) is 58.7 Å². The zero-order chi connectivity index (χ0) is 18.1. The van der Waals surface area contributed by atoms with Gasteiger partial charge in [0.15, 0.2) is 0 Å². The van der Waals surface area contributed by atoms with Crippen LogP contribution in [-0.2, 0) is 17.3 Å². The van der Waals surface area contributed by atoms with E-state index in [2.05, 4.69) is 5.32 Å². The van der Waals surface area contributed by atoms with Gasteiger partial charge in [-0.1, -0.05) is 6.07 Å². The van der Waals surface area contributed by atoms with Crippen LogP contribution in [0.2, 0.25) is 0 Å². The van der Waals surface area contributed by atoms with E-state index in [-0.39, 0.29) is 5.69 Å². The third-order valence-corrected chi connectivity index (χ3v) is 2.72. The number of anilines is 1. The van der Waals surface area contributed by atoms with E-state index in [0.29, 0.717) is 12.0 Å². The van der Waals surface area contributed by atoms with Gasteiger partial charge in [0.25, 0.3) is 0 Å². The molecule has 0 saturated carbocycles. The normalized spacial score (nSPS) is 12.9. The maximum Gasteiger partial charge on any atom is 0.416 e. The van der Waals surface area contributed by atoms with E-state index in [0.717, 1.165) is 12.1 Å². The van der Waals surface area contributed by atoms with E-state index in [4.69, 9.17) is 10.5 Å². The predicted molar refractivity (Wildman–Crippen MR) is 83.3 cm³/mol. The highest BCUT2D eigenvalue weighted by Crippen LogP contribution is 2.33. The van der Waals surface area contributed by atoms with Crippen LogP contribution in [0.1, 0.15) is 45.7 Å². The van der Waals surface area contributed by atoms with Gasteiger partial charge >= 0.3 is 12.3 Å². The zero-order valence-corrected chi connectivity index (χ0v) is 14.0. The highest BCUT2D eigenvalue weighted by atomic mass is 19.4. The summed E-state index contributed by atoms with van der Waals surface area (Å²) in [7, 11) is 0. The summed E-state index contributed by atoms with van der Waals surface area (Å²) < 4.78 is 43.7. The Morgan fingerprint density at radius 1 is 1.17 bits per heavy atom. The van der Waals surface area contributed by atoms with Crippen LogP contribution in [0.4, 0.5) is 23.7 Å². The molecule has 0 heterocycles. The highest BCUT2D eigenvalue weighted by molar-refractivity contribution is 5.86. The maximum atomic E-state index is 12.9. The van der Waals surface area contributed by atoms with Gasteiger partial charge in [0, 0.05) is 11.2 Å². The third kappa shape index (κ3) is 6.90. The minimum atomic E-state index is -4.50. The summed E-state index contributed by atoms with van der Waals surface area (Å²) in [5.41, 5.74) is 4.25. The standard InChI is InChI=1S/C16H23F3N2O2/c1-14(2,3)23-13(22)21-12-8-11(16(17,18)19)7-6-10(12)9-15(4,5)20/h6-8H,9,20H2,1-5H3,(H,21,22). The number of hydrogen-bond acceptors (Lipinski definition) is 3. The average molecular weight is 332 g/mol. The molecule has 1 aromatic rings. The number of rotatable bonds is 3. The topological polar surface area (TPSA) is 64.3 Å². The number of carbonyl (C=O) groups excluding carboxylic acids is 1. The number of amides is 1. The van der Waals surface area contributed by atoms with E-state index in [1.807, 2.05) is 0 Å². The number of carbonyl (C=O) groups is 1. The van der Waals surface area contributed by atoms with E-state index >= 15 is 0 Å².